The second-order valence-corrected chi connectivity index (χ2v) is 8.66. The van der Waals surface area contributed by atoms with Crippen LogP contribution in [0.15, 0.2) is 41.3 Å². The van der Waals surface area contributed by atoms with Crippen molar-refractivity contribution in [3.05, 3.63) is 47.2 Å². The van der Waals surface area contributed by atoms with Crippen molar-refractivity contribution in [2.75, 3.05) is 31.8 Å². The minimum Gasteiger partial charge on any atom is -0.495 e. The van der Waals surface area contributed by atoms with Gasteiger partial charge in [0.25, 0.3) is 0 Å². The zero-order chi connectivity index (χ0) is 21.1. The average molecular weight is 430 g/mol. The van der Waals surface area contributed by atoms with Crippen LogP contribution in [0.4, 0.5) is 15.8 Å². The number of benzene rings is 2. The van der Waals surface area contributed by atoms with Crippen molar-refractivity contribution in [3.63, 3.8) is 0 Å². The Balaban J connectivity index is 2.20. The molecule has 1 amide bonds. The summed E-state index contributed by atoms with van der Waals surface area (Å²) in [6, 6.07) is 7.63. The first kappa shape index (κ1) is 21.9. The van der Waals surface area contributed by atoms with Crippen LogP contribution in [0.1, 0.15) is 6.92 Å². The fraction of sp³-hybridized carbons (Fsp3) is 0.278. The molecule has 7 nitrogen and oxygen atoms in total. The maximum atomic E-state index is 13.2. The number of hydrogen-bond donors (Lipinski definition) is 2. The number of sulfonamides is 1. The van der Waals surface area contributed by atoms with Crippen LogP contribution in [-0.4, -0.2) is 45.9 Å². The van der Waals surface area contributed by atoms with Gasteiger partial charge < -0.3 is 15.4 Å². The van der Waals surface area contributed by atoms with Gasteiger partial charge in [-0.2, -0.15) is 0 Å². The molecule has 10 heteroatoms. The largest absolute Gasteiger partial charge is 0.495 e. The molecule has 0 aromatic heterocycles. The molecule has 0 unspecified atom stereocenters. The lowest BCUT2D eigenvalue weighted by Crippen LogP contribution is -2.32. The number of methoxy groups -OCH3 is 1. The highest BCUT2D eigenvalue weighted by atomic mass is 35.5. The monoisotopic (exact) mass is 429 g/mol. The lowest BCUT2D eigenvalue weighted by molar-refractivity contribution is -0.116. The second kappa shape index (κ2) is 8.76. The van der Waals surface area contributed by atoms with E-state index in [1.165, 1.54) is 45.5 Å². The number of nitrogens with one attached hydrogen (secondary N) is 2. The minimum absolute atomic E-state index is 0.0251. The van der Waals surface area contributed by atoms with Crippen LogP contribution in [0.5, 0.6) is 5.75 Å². The Bertz CT molecular complexity index is 983. The normalized spacial score (nSPS) is 12.5. The summed E-state index contributed by atoms with van der Waals surface area (Å²) in [5, 5.41) is 5.44. The maximum absolute atomic E-state index is 13.2. The Kier molecular flexibility index (Phi) is 6.87. The number of nitrogens with zero attached hydrogens (tertiary/aromatic N) is 1. The third-order valence-corrected chi connectivity index (χ3v) is 6.01. The molecule has 0 fully saturated rings. The molecule has 2 rings (SSSR count). The van der Waals surface area contributed by atoms with Crippen LogP contribution in [-0.2, 0) is 14.8 Å². The van der Waals surface area contributed by atoms with Crippen LogP contribution >= 0.6 is 11.6 Å². The number of anilines is 2. The molecule has 2 aromatic rings. The van der Waals surface area contributed by atoms with Gasteiger partial charge in [0, 0.05) is 25.5 Å². The third-order valence-electron chi connectivity index (χ3n) is 3.89. The molecule has 0 heterocycles. The van der Waals surface area contributed by atoms with E-state index in [4.69, 9.17) is 16.3 Å². The molecular formula is C18H21ClFN3O4S. The predicted octanol–water partition coefficient (Wildman–Crippen LogP) is 3.18. The van der Waals surface area contributed by atoms with Crippen molar-refractivity contribution < 1.29 is 22.3 Å². The van der Waals surface area contributed by atoms with Gasteiger partial charge in [-0.1, -0.05) is 11.6 Å². The molecule has 0 saturated carbocycles. The Morgan fingerprint density at radius 1 is 1.18 bits per heavy atom. The van der Waals surface area contributed by atoms with Crippen molar-refractivity contribution in [1.29, 1.82) is 0 Å². The van der Waals surface area contributed by atoms with Gasteiger partial charge in [-0.05, 0) is 43.3 Å². The Morgan fingerprint density at radius 3 is 2.39 bits per heavy atom. The first-order valence-electron chi connectivity index (χ1n) is 8.19. The molecule has 0 bridgehead atoms. The van der Waals surface area contributed by atoms with Gasteiger partial charge >= 0.3 is 0 Å². The molecular weight excluding hydrogens is 409 g/mol. The van der Waals surface area contributed by atoms with E-state index in [-0.39, 0.29) is 15.7 Å². The number of carbonyl (C=O) groups excluding carboxylic acids is 1. The highest BCUT2D eigenvalue weighted by Gasteiger charge is 2.23. The van der Waals surface area contributed by atoms with E-state index >= 15 is 0 Å². The molecule has 0 aliphatic rings. The number of hydrogen-bond acceptors (Lipinski definition) is 5. The highest BCUT2D eigenvalue weighted by Crippen LogP contribution is 2.29. The van der Waals surface area contributed by atoms with E-state index in [0.717, 1.165) is 10.4 Å². The van der Waals surface area contributed by atoms with Crippen LogP contribution in [0.2, 0.25) is 5.02 Å². The van der Waals surface area contributed by atoms with Gasteiger partial charge in [-0.3, -0.25) is 4.79 Å². The summed E-state index contributed by atoms with van der Waals surface area (Å²) in [5.74, 6) is -0.800. The van der Waals surface area contributed by atoms with Gasteiger partial charge in [0.15, 0.2) is 0 Å². The van der Waals surface area contributed by atoms with Crippen LogP contribution in [0.25, 0.3) is 0 Å². The first-order chi connectivity index (χ1) is 13.1. The van der Waals surface area contributed by atoms with E-state index in [1.54, 1.807) is 13.0 Å². The number of ether oxygens (including phenoxy) is 1. The second-order valence-electron chi connectivity index (χ2n) is 6.14. The molecule has 152 valence electrons. The Labute approximate surface area is 168 Å². The van der Waals surface area contributed by atoms with Gasteiger partial charge in [0.1, 0.15) is 22.5 Å². The number of amides is 1. The lowest BCUT2D eigenvalue weighted by atomic mass is 10.2. The zero-order valence-electron chi connectivity index (χ0n) is 15.8. The number of halogens is 2. The Morgan fingerprint density at radius 2 is 1.82 bits per heavy atom. The summed E-state index contributed by atoms with van der Waals surface area (Å²) in [6.45, 7) is 1.60. The third kappa shape index (κ3) is 4.92. The van der Waals surface area contributed by atoms with Crippen molar-refractivity contribution in [1.82, 2.24) is 4.31 Å². The van der Waals surface area contributed by atoms with E-state index in [0.29, 0.717) is 11.4 Å². The average Bonchev–Trinajstić information content (AvgIpc) is 2.64. The molecule has 28 heavy (non-hydrogen) atoms. The summed E-state index contributed by atoms with van der Waals surface area (Å²) in [4.78, 5) is 12.3. The number of rotatable bonds is 7. The summed E-state index contributed by atoms with van der Waals surface area (Å²) < 4.78 is 44.4. The van der Waals surface area contributed by atoms with Crippen LogP contribution in [0.3, 0.4) is 0 Å². The molecule has 1 atom stereocenters. The first-order valence-corrected chi connectivity index (χ1v) is 10.0. The summed E-state index contributed by atoms with van der Waals surface area (Å²) in [7, 11) is 0.469. The lowest BCUT2D eigenvalue weighted by Gasteiger charge is -2.18. The van der Waals surface area contributed by atoms with Gasteiger partial charge in [-0.25, -0.2) is 17.1 Å². The molecule has 0 aliphatic heterocycles. The fourth-order valence-corrected chi connectivity index (χ4v) is 3.56. The SMILES string of the molecule is COc1ccc(N[C@@H](C)C(=O)Nc2ccc(F)c(Cl)c2)cc1S(=O)(=O)N(C)C. The molecule has 0 aliphatic carbocycles. The quantitative estimate of drug-likeness (QED) is 0.705. The minimum atomic E-state index is -3.74. The predicted molar refractivity (Wildman–Crippen MR) is 107 cm³/mol. The summed E-state index contributed by atoms with van der Waals surface area (Å²) in [5.41, 5.74) is 0.761. The molecule has 2 aromatic carbocycles. The summed E-state index contributed by atoms with van der Waals surface area (Å²) >= 11 is 5.71. The Hall–Kier alpha value is -2.36. The van der Waals surface area contributed by atoms with Crippen molar-refractivity contribution in [2.24, 2.45) is 0 Å². The smallest absolute Gasteiger partial charge is 0.246 e. The van der Waals surface area contributed by atoms with E-state index < -0.39 is 27.8 Å². The molecule has 2 N–H and O–H groups in total. The molecule has 0 saturated heterocycles. The topological polar surface area (TPSA) is 87.7 Å². The van der Waals surface area contributed by atoms with E-state index in [2.05, 4.69) is 10.6 Å². The van der Waals surface area contributed by atoms with E-state index in [1.807, 2.05) is 0 Å². The van der Waals surface area contributed by atoms with Gasteiger partial charge in [0.2, 0.25) is 15.9 Å². The van der Waals surface area contributed by atoms with Crippen molar-refractivity contribution in [2.45, 2.75) is 17.9 Å². The standard InChI is InChI=1S/C18H21ClFN3O4S/c1-11(18(24)22-12-5-7-15(20)14(19)9-12)21-13-6-8-16(27-4)17(10-13)28(25,26)23(2)3/h5-11,21H,1-4H3,(H,22,24)/t11-/m0/s1. The molecule has 0 radical (unpaired) electrons. The maximum Gasteiger partial charge on any atom is 0.246 e. The van der Waals surface area contributed by atoms with Crippen molar-refractivity contribution in [3.8, 4) is 5.75 Å². The van der Waals surface area contributed by atoms with Crippen LogP contribution in [0, 0.1) is 5.82 Å². The van der Waals surface area contributed by atoms with Crippen LogP contribution < -0.4 is 15.4 Å². The highest BCUT2D eigenvalue weighted by molar-refractivity contribution is 7.89. The number of carbonyl (C=O) groups is 1. The summed E-state index contributed by atoms with van der Waals surface area (Å²) in [6.07, 6.45) is 0. The molecule has 0 spiro atoms. The van der Waals surface area contributed by atoms with E-state index in [9.17, 15) is 17.6 Å². The van der Waals surface area contributed by atoms with Gasteiger partial charge in [0.05, 0.1) is 12.1 Å². The van der Waals surface area contributed by atoms with Crippen molar-refractivity contribution >= 4 is 38.9 Å². The zero-order valence-corrected chi connectivity index (χ0v) is 17.4. The fourth-order valence-electron chi connectivity index (χ4n) is 2.30. The van der Waals surface area contributed by atoms with Gasteiger partial charge in [-0.15, -0.1) is 0 Å².